The van der Waals surface area contributed by atoms with Gasteiger partial charge in [-0.3, -0.25) is 14.3 Å². The van der Waals surface area contributed by atoms with Crippen LogP contribution < -0.4 is 16.7 Å². The highest BCUT2D eigenvalue weighted by atomic mass is 16.2. The molecule has 2 heterocycles. The van der Waals surface area contributed by atoms with Gasteiger partial charge in [-0.1, -0.05) is 81.9 Å². The molecule has 0 amide bonds. The van der Waals surface area contributed by atoms with Crippen LogP contribution in [0.1, 0.15) is 64.4 Å². The Balaban J connectivity index is 1.79. The molecule has 0 unspecified atom stereocenters. The molecule has 3 aromatic rings. The van der Waals surface area contributed by atoms with Crippen molar-refractivity contribution in [3.63, 3.8) is 0 Å². The summed E-state index contributed by atoms with van der Waals surface area (Å²) in [5, 5.41) is 4.42. The molecule has 0 fully saturated rings. The third-order valence-electron chi connectivity index (χ3n) is 5.64. The van der Waals surface area contributed by atoms with Gasteiger partial charge in [0.1, 0.15) is 0 Å². The fourth-order valence-electron chi connectivity index (χ4n) is 3.72. The zero-order valence-electron chi connectivity index (χ0n) is 19.8. The molecule has 0 saturated carbocycles. The van der Waals surface area contributed by atoms with E-state index in [1.54, 1.807) is 7.05 Å². The van der Waals surface area contributed by atoms with Gasteiger partial charge in [0, 0.05) is 13.6 Å². The van der Waals surface area contributed by atoms with E-state index in [0.717, 1.165) is 24.1 Å². The van der Waals surface area contributed by atoms with E-state index in [-0.39, 0.29) is 0 Å². The second-order valence-corrected chi connectivity index (χ2v) is 8.31. The third kappa shape index (κ3) is 6.54. The first-order valence-electron chi connectivity index (χ1n) is 11.7. The maximum absolute atomic E-state index is 12.6. The van der Waals surface area contributed by atoms with Crippen molar-refractivity contribution in [1.82, 2.24) is 19.1 Å². The van der Waals surface area contributed by atoms with Crippen LogP contribution in [0, 0.1) is 0 Å². The number of hydrazone groups is 1. The number of hydrogen-bond donors (Lipinski definition) is 2. The highest BCUT2D eigenvalue weighted by Crippen LogP contribution is 2.17. The number of nitrogens with zero attached hydrogens (tertiary/aromatic N) is 4. The number of aromatic nitrogens is 4. The van der Waals surface area contributed by atoms with Crippen molar-refractivity contribution in [2.24, 2.45) is 12.1 Å². The first kappa shape index (κ1) is 24.2. The summed E-state index contributed by atoms with van der Waals surface area (Å²) in [4.78, 5) is 31.5. The molecule has 0 spiro atoms. The van der Waals surface area contributed by atoms with Crippen molar-refractivity contribution >= 4 is 28.9 Å². The SMILES string of the molecule is CCCCCCCCCn1c(N/N=C(C)/C=C/c2ccccc2)nc2c1c(=O)[nH]c(=O)n2C. The van der Waals surface area contributed by atoms with Gasteiger partial charge in [0.05, 0.1) is 5.71 Å². The normalized spacial score (nSPS) is 12.2. The lowest BCUT2D eigenvalue weighted by molar-refractivity contribution is 0.556. The number of nitrogens with one attached hydrogen (secondary N) is 2. The minimum Gasteiger partial charge on any atom is -0.303 e. The lowest BCUT2D eigenvalue weighted by atomic mass is 10.1. The van der Waals surface area contributed by atoms with Gasteiger partial charge in [-0.05, 0) is 25.0 Å². The summed E-state index contributed by atoms with van der Waals surface area (Å²) in [6.07, 6.45) is 12.1. The Kier molecular flexibility index (Phi) is 8.80. The minimum atomic E-state index is -0.481. The van der Waals surface area contributed by atoms with Crippen molar-refractivity contribution in [3.05, 3.63) is 62.8 Å². The number of H-pyrrole nitrogens is 1. The van der Waals surface area contributed by atoms with Crippen LogP contribution >= 0.6 is 0 Å². The molecular formula is C25H34N6O2. The van der Waals surface area contributed by atoms with E-state index in [9.17, 15) is 9.59 Å². The number of fused-ring (bicyclic) bond motifs is 1. The van der Waals surface area contributed by atoms with Gasteiger partial charge in [-0.15, -0.1) is 0 Å². The lowest BCUT2D eigenvalue weighted by Gasteiger charge is -2.08. The Hall–Kier alpha value is -3.42. The van der Waals surface area contributed by atoms with Crippen LogP contribution in [0.4, 0.5) is 5.95 Å². The zero-order valence-corrected chi connectivity index (χ0v) is 19.8. The van der Waals surface area contributed by atoms with Crippen molar-refractivity contribution in [2.75, 3.05) is 5.43 Å². The van der Waals surface area contributed by atoms with Crippen LogP contribution in [0.5, 0.6) is 0 Å². The predicted molar refractivity (Wildman–Crippen MR) is 136 cm³/mol. The summed E-state index contributed by atoms with van der Waals surface area (Å²) in [5.41, 5.74) is 4.67. The summed E-state index contributed by atoms with van der Waals surface area (Å²) in [5.74, 6) is 0.454. The Morgan fingerprint density at radius 1 is 1.09 bits per heavy atom. The monoisotopic (exact) mass is 450 g/mol. The number of allylic oxidation sites excluding steroid dienone is 1. The number of unbranched alkanes of at least 4 members (excludes halogenated alkanes) is 6. The summed E-state index contributed by atoms with van der Waals surface area (Å²) < 4.78 is 3.19. The van der Waals surface area contributed by atoms with E-state index in [2.05, 4.69) is 27.4 Å². The molecule has 2 aromatic heterocycles. The van der Waals surface area contributed by atoms with Gasteiger partial charge in [-0.2, -0.15) is 10.1 Å². The highest BCUT2D eigenvalue weighted by Gasteiger charge is 2.17. The van der Waals surface area contributed by atoms with Crippen LogP contribution in [0.15, 0.2) is 51.1 Å². The van der Waals surface area contributed by atoms with Gasteiger partial charge >= 0.3 is 5.69 Å². The molecule has 176 valence electrons. The molecule has 33 heavy (non-hydrogen) atoms. The molecule has 0 aliphatic heterocycles. The van der Waals surface area contributed by atoms with Gasteiger partial charge in [0.15, 0.2) is 11.2 Å². The number of anilines is 1. The maximum atomic E-state index is 12.6. The van der Waals surface area contributed by atoms with Crippen molar-refractivity contribution in [1.29, 1.82) is 0 Å². The van der Waals surface area contributed by atoms with Crippen LogP contribution in [-0.4, -0.2) is 24.8 Å². The van der Waals surface area contributed by atoms with Crippen molar-refractivity contribution in [3.8, 4) is 0 Å². The van der Waals surface area contributed by atoms with E-state index < -0.39 is 11.2 Å². The number of benzene rings is 1. The van der Waals surface area contributed by atoms with Crippen LogP contribution in [0.3, 0.4) is 0 Å². The van der Waals surface area contributed by atoms with Gasteiger partial charge in [0.2, 0.25) is 5.95 Å². The molecule has 0 atom stereocenters. The Morgan fingerprint density at radius 2 is 1.79 bits per heavy atom. The smallest absolute Gasteiger partial charge is 0.303 e. The van der Waals surface area contributed by atoms with Crippen LogP contribution in [0.25, 0.3) is 17.2 Å². The average molecular weight is 451 g/mol. The second-order valence-electron chi connectivity index (χ2n) is 8.31. The van der Waals surface area contributed by atoms with E-state index in [1.807, 2.05) is 54.0 Å². The number of imidazole rings is 1. The molecular weight excluding hydrogens is 416 g/mol. The summed E-state index contributed by atoms with van der Waals surface area (Å²) in [6, 6.07) is 9.98. The standard InChI is InChI=1S/C25H34N6O2/c1-4-5-6-7-8-9-13-18-31-21-22(30(3)25(33)27-23(21)32)26-24(31)29-28-19(2)16-17-20-14-11-10-12-15-20/h10-12,14-17H,4-9,13,18H2,1-3H3,(H,26,29)(H,27,32,33)/b17-16+,28-19+. The predicted octanol–water partition coefficient (Wildman–Crippen LogP) is 4.68. The highest BCUT2D eigenvalue weighted by molar-refractivity contribution is 5.96. The van der Waals surface area contributed by atoms with Crippen LogP contribution in [-0.2, 0) is 13.6 Å². The van der Waals surface area contributed by atoms with Crippen molar-refractivity contribution < 1.29 is 0 Å². The molecule has 0 bridgehead atoms. The van der Waals surface area contributed by atoms with Crippen LogP contribution in [0.2, 0.25) is 0 Å². The Labute approximate surface area is 194 Å². The molecule has 2 N–H and O–H groups in total. The number of aryl methyl sites for hydroxylation is 2. The number of hydrogen-bond acceptors (Lipinski definition) is 5. The van der Waals surface area contributed by atoms with Crippen molar-refractivity contribution in [2.45, 2.75) is 65.3 Å². The second kappa shape index (κ2) is 12.0. The van der Waals surface area contributed by atoms with E-state index >= 15 is 0 Å². The molecule has 0 aliphatic carbocycles. The van der Waals surface area contributed by atoms with Gasteiger partial charge < -0.3 is 4.57 Å². The number of rotatable bonds is 12. The first-order valence-corrected chi connectivity index (χ1v) is 11.7. The molecule has 1 aromatic carbocycles. The van der Waals surface area contributed by atoms with E-state index in [1.165, 1.54) is 36.7 Å². The largest absolute Gasteiger partial charge is 0.329 e. The zero-order chi connectivity index (χ0) is 23.6. The molecule has 0 aliphatic rings. The van der Waals surface area contributed by atoms with Gasteiger partial charge in [0.25, 0.3) is 5.56 Å². The minimum absolute atomic E-state index is 0.349. The fraction of sp³-hybridized carbons (Fsp3) is 0.440. The molecule has 0 radical (unpaired) electrons. The maximum Gasteiger partial charge on any atom is 0.329 e. The third-order valence-corrected chi connectivity index (χ3v) is 5.64. The Morgan fingerprint density at radius 3 is 2.52 bits per heavy atom. The summed E-state index contributed by atoms with van der Waals surface area (Å²) >= 11 is 0. The first-order chi connectivity index (χ1) is 16.0. The van der Waals surface area contributed by atoms with E-state index in [0.29, 0.717) is 23.7 Å². The Bertz CT molecular complexity index is 1220. The van der Waals surface area contributed by atoms with Gasteiger partial charge in [-0.25, -0.2) is 10.2 Å². The number of aromatic amines is 1. The summed E-state index contributed by atoms with van der Waals surface area (Å²) in [6.45, 7) is 4.73. The molecule has 0 saturated heterocycles. The molecule has 8 nitrogen and oxygen atoms in total. The van der Waals surface area contributed by atoms with E-state index in [4.69, 9.17) is 0 Å². The quantitative estimate of drug-likeness (QED) is 0.238. The molecule has 3 rings (SSSR count). The fourth-order valence-corrected chi connectivity index (χ4v) is 3.72. The topological polar surface area (TPSA) is 97.1 Å². The lowest BCUT2D eigenvalue weighted by Crippen LogP contribution is -2.29. The average Bonchev–Trinajstić information content (AvgIpc) is 3.19. The summed E-state index contributed by atoms with van der Waals surface area (Å²) in [7, 11) is 1.60. The molecule has 8 heteroatoms.